The topological polar surface area (TPSA) is 84.5 Å². The van der Waals surface area contributed by atoms with Gasteiger partial charge < -0.3 is 10.1 Å². The smallest absolute Gasteiger partial charge is 0.261 e. The van der Waals surface area contributed by atoms with Crippen LogP contribution >= 0.6 is 0 Å². The number of rotatable bonds is 6. The summed E-state index contributed by atoms with van der Waals surface area (Å²) in [6, 6.07) is 20.1. The molecule has 0 spiro atoms. The van der Waals surface area contributed by atoms with Gasteiger partial charge in [-0.1, -0.05) is 39.0 Å². The van der Waals surface area contributed by atoms with Crippen molar-refractivity contribution in [3.63, 3.8) is 0 Å². The highest BCUT2D eigenvalue weighted by Gasteiger charge is 2.16. The molecule has 2 N–H and O–H groups in total. The Morgan fingerprint density at radius 3 is 2.06 bits per heavy atom. The van der Waals surface area contributed by atoms with E-state index in [2.05, 4.69) is 30.8 Å². The second-order valence-electron chi connectivity index (χ2n) is 8.14. The third-order valence-corrected chi connectivity index (χ3v) is 6.15. The van der Waals surface area contributed by atoms with Crippen LogP contribution in [0.3, 0.4) is 0 Å². The molecule has 0 aromatic heterocycles. The molecule has 0 aliphatic carbocycles. The summed E-state index contributed by atoms with van der Waals surface area (Å²) >= 11 is 0. The average Bonchev–Trinajstić information content (AvgIpc) is 2.73. The van der Waals surface area contributed by atoms with Gasteiger partial charge in [0.15, 0.2) is 0 Å². The summed E-state index contributed by atoms with van der Waals surface area (Å²) in [5.41, 5.74) is 2.50. The molecule has 0 radical (unpaired) electrons. The van der Waals surface area contributed by atoms with Crippen LogP contribution in [0.4, 0.5) is 11.4 Å². The van der Waals surface area contributed by atoms with Gasteiger partial charge in [0.05, 0.1) is 17.7 Å². The Labute approximate surface area is 183 Å². The molecule has 0 aliphatic heterocycles. The van der Waals surface area contributed by atoms with Crippen molar-refractivity contribution in [1.29, 1.82) is 0 Å². The third kappa shape index (κ3) is 5.64. The largest absolute Gasteiger partial charge is 0.497 e. The highest BCUT2D eigenvalue weighted by Crippen LogP contribution is 2.24. The van der Waals surface area contributed by atoms with Crippen molar-refractivity contribution < 1.29 is 17.9 Å². The molecule has 3 aromatic carbocycles. The molecule has 0 unspecified atom stereocenters. The molecular weight excluding hydrogens is 412 g/mol. The van der Waals surface area contributed by atoms with Crippen LogP contribution < -0.4 is 14.8 Å². The number of anilines is 2. The van der Waals surface area contributed by atoms with Gasteiger partial charge in [-0.2, -0.15) is 0 Å². The number of hydrogen-bond donors (Lipinski definition) is 2. The molecule has 0 saturated carbocycles. The van der Waals surface area contributed by atoms with E-state index in [0.717, 1.165) is 5.56 Å². The lowest BCUT2D eigenvalue weighted by Crippen LogP contribution is -2.15. The second kappa shape index (κ2) is 8.81. The number of ether oxygens (including phenoxy) is 1. The number of carbonyl (C=O) groups is 1. The Bertz CT molecular complexity index is 1160. The highest BCUT2D eigenvalue weighted by molar-refractivity contribution is 7.92. The lowest BCUT2D eigenvalue weighted by molar-refractivity contribution is 0.102. The third-order valence-electron chi connectivity index (χ3n) is 4.76. The molecule has 31 heavy (non-hydrogen) atoms. The van der Waals surface area contributed by atoms with E-state index >= 15 is 0 Å². The summed E-state index contributed by atoms with van der Waals surface area (Å²) in [6.45, 7) is 6.34. The zero-order valence-electron chi connectivity index (χ0n) is 18.0. The number of methoxy groups -OCH3 is 1. The minimum atomic E-state index is -3.77. The first-order valence-corrected chi connectivity index (χ1v) is 11.3. The van der Waals surface area contributed by atoms with Crippen LogP contribution in [-0.2, 0) is 15.4 Å². The summed E-state index contributed by atoms with van der Waals surface area (Å²) in [4.78, 5) is 12.7. The number of nitrogens with one attached hydrogen (secondary N) is 2. The quantitative estimate of drug-likeness (QED) is 0.564. The summed E-state index contributed by atoms with van der Waals surface area (Å²) in [6.07, 6.45) is 0. The van der Waals surface area contributed by atoms with E-state index in [0.29, 0.717) is 22.7 Å². The maximum atomic E-state index is 12.6. The number of sulfonamides is 1. The molecule has 3 rings (SSSR count). The van der Waals surface area contributed by atoms with Gasteiger partial charge in [0.1, 0.15) is 5.75 Å². The summed E-state index contributed by atoms with van der Waals surface area (Å²) in [5, 5.41) is 2.81. The monoisotopic (exact) mass is 438 g/mol. The van der Waals surface area contributed by atoms with Gasteiger partial charge in [0.2, 0.25) is 0 Å². The van der Waals surface area contributed by atoms with Crippen molar-refractivity contribution in [2.24, 2.45) is 0 Å². The molecule has 0 bridgehead atoms. The molecule has 0 saturated heterocycles. The lowest BCUT2D eigenvalue weighted by Gasteiger charge is -2.19. The zero-order chi connectivity index (χ0) is 22.6. The van der Waals surface area contributed by atoms with E-state index < -0.39 is 10.0 Å². The highest BCUT2D eigenvalue weighted by atomic mass is 32.2. The van der Waals surface area contributed by atoms with Crippen LogP contribution in [0.15, 0.2) is 77.7 Å². The number of hydrogen-bond acceptors (Lipinski definition) is 4. The fourth-order valence-corrected chi connectivity index (χ4v) is 4.00. The minimum Gasteiger partial charge on any atom is -0.497 e. The predicted octanol–water partition coefficient (Wildman–Crippen LogP) is 5.05. The summed E-state index contributed by atoms with van der Waals surface area (Å²) in [7, 11) is -2.26. The van der Waals surface area contributed by atoms with E-state index in [1.54, 1.807) is 48.5 Å². The van der Waals surface area contributed by atoms with Crippen molar-refractivity contribution in [2.75, 3.05) is 17.1 Å². The van der Waals surface area contributed by atoms with E-state index in [9.17, 15) is 13.2 Å². The zero-order valence-corrected chi connectivity index (χ0v) is 18.8. The summed E-state index contributed by atoms with van der Waals surface area (Å²) < 4.78 is 32.8. The van der Waals surface area contributed by atoms with Crippen LogP contribution in [0.5, 0.6) is 5.75 Å². The first-order chi connectivity index (χ1) is 14.6. The molecule has 0 heterocycles. The van der Waals surface area contributed by atoms with Gasteiger partial charge in [-0.15, -0.1) is 0 Å². The summed E-state index contributed by atoms with van der Waals surface area (Å²) in [5.74, 6) is 0.301. The van der Waals surface area contributed by atoms with E-state index in [1.807, 2.05) is 12.1 Å². The lowest BCUT2D eigenvalue weighted by atomic mass is 9.87. The van der Waals surface area contributed by atoms with Gasteiger partial charge in [-0.25, -0.2) is 8.42 Å². The van der Waals surface area contributed by atoms with E-state index in [4.69, 9.17) is 4.74 Å². The molecule has 3 aromatic rings. The van der Waals surface area contributed by atoms with Crippen LogP contribution in [-0.4, -0.2) is 21.4 Å². The van der Waals surface area contributed by atoms with Crippen molar-refractivity contribution in [1.82, 2.24) is 0 Å². The van der Waals surface area contributed by atoms with Crippen molar-refractivity contribution in [2.45, 2.75) is 31.1 Å². The standard InChI is InChI=1S/C24H26N2O4S/c1-24(2,3)18-10-8-17(9-11-18)23(27)25-19-6-5-7-20(16-19)26-31(28,29)22-14-12-21(30-4)13-15-22/h5-16,26H,1-4H3,(H,25,27). The number of benzene rings is 3. The maximum Gasteiger partial charge on any atom is 0.261 e. The SMILES string of the molecule is COc1ccc(S(=O)(=O)Nc2cccc(NC(=O)c3ccc(C(C)(C)C)cc3)c2)cc1. The Morgan fingerprint density at radius 1 is 0.871 bits per heavy atom. The molecule has 7 heteroatoms. The predicted molar refractivity (Wildman–Crippen MR) is 123 cm³/mol. The van der Waals surface area contributed by atoms with Gasteiger partial charge in [-0.05, 0) is 65.6 Å². The Hall–Kier alpha value is -3.32. The number of carbonyl (C=O) groups excluding carboxylic acids is 1. The normalized spacial score (nSPS) is 11.6. The molecule has 0 atom stereocenters. The fraction of sp³-hybridized carbons (Fsp3) is 0.208. The molecule has 0 aliphatic rings. The molecule has 162 valence electrons. The molecule has 6 nitrogen and oxygen atoms in total. The van der Waals surface area contributed by atoms with E-state index in [-0.39, 0.29) is 16.2 Å². The van der Waals surface area contributed by atoms with Gasteiger partial charge in [0.25, 0.3) is 15.9 Å². The van der Waals surface area contributed by atoms with E-state index in [1.165, 1.54) is 19.2 Å². The first-order valence-electron chi connectivity index (χ1n) is 9.77. The van der Waals surface area contributed by atoms with Crippen LogP contribution in [0.25, 0.3) is 0 Å². The van der Waals surface area contributed by atoms with Crippen molar-refractivity contribution in [3.8, 4) is 5.75 Å². The number of amides is 1. The first kappa shape index (κ1) is 22.4. The second-order valence-corrected chi connectivity index (χ2v) is 9.83. The molecule has 1 amide bonds. The van der Waals surface area contributed by atoms with Crippen molar-refractivity contribution in [3.05, 3.63) is 83.9 Å². The molecular formula is C24H26N2O4S. The van der Waals surface area contributed by atoms with Crippen LogP contribution in [0, 0.1) is 0 Å². The average molecular weight is 439 g/mol. The van der Waals surface area contributed by atoms with Gasteiger partial charge in [0, 0.05) is 11.3 Å². The Balaban J connectivity index is 1.73. The van der Waals surface area contributed by atoms with Gasteiger partial charge in [-0.3, -0.25) is 9.52 Å². The Kier molecular flexibility index (Phi) is 6.36. The van der Waals surface area contributed by atoms with Gasteiger partial charge >= 0.3 is 0 Å². The maximum absolute atomic E-state index is 12.6. The Morgan fingerprint density at radius 2 is 1.48 bits per heavy atom. The van der Waals surface area contributed by atoms with Crippen molar-refractivity contribution >= 4 is 27.3 Å². The fourth-order valence-electron chi connectivity index (χ4n) is 2.95. The van der Waals surface area contributed by atoms with Crippen LogP contribution in [0.2, 0.25) is 0 Å². The molecule has 0 fully saturated rings. The van der Waals surface area contributed by atoms with Crippen LogP contribution in [0.1, 0.15) is 36.7 Å². The minimum absolute atomic E-state index is 0.00435.